The molecule has 1 saturated carbocycles. The number of benzene rings is 3. The fourth-order valence-corrected chi connectivity index (χ4v) is 7.19. The Bertz CT molecular complexity index is 2280. The molecule has 0 atom stereocenters. The molecule has 15 heteroatoms. The van der Waals surface area contributed by atoms with Crippen molar-refractivity contribution in [3.05, 3.63) is 90.3 Å². The Morgan fingerprint density at radius 2 is 1.08 bits per heavy atom. The van der Waals surface area contributed by atoms with Crippen LogP contribution in [0.2, 0.25) is 0 Å². The summed E-state index contributed by atoms with van der Waals surface area (Å²) in [6.07, 6.45) is 8.93. The fourth-order valence-electron chi connectivity index (χ4n) is 7.19. The van der Waals surface area contributed by atoms with Crippen LogP contribution < -0.4 is 14.2 Å². The van der Waals surface area contributed by atoms with Crippen molar-refractivity contribution in [1.29, 1.82) is 0 Å². The molecule has 3 aromatic carbocycles. The maximum Gasteiger partial charge on any atom is 0.374 e. The van der Waals surface area contributed by atoms with Crippen molar-refractivity contribution in [1.82, 2.24) is 0 Å². The molecule has 0 aliphatic heterocycles. The smallest absolute Gasteiger partial charge is 0.374 e. The van der Waals surface area contributed by atoms with Crippen molar-refractivity contribution in [3.8, 4) is 39.5 Å². The van der Waals surface area contributed by atoms with Gasteiger partial charge in [-0.25, -0.2) is 28.4 Å². The molecule has 0 spiro atoms. The SMILES string of the molecule is C=C(C)C(=O)Oc1cc(-c2ccc(C3CCC(CCCCC)CC3)cc2F)c(OC(=O)C(=C)C)cc1-c1ccc(OCC(COC(=O)C(C)=O)(COC(=O)C(C)=O)COC(=O)C(C)=O)cc1. The van der Waals surface area contributed by atoms with Crippen LogP contribution in [-0.4, -0.2) is 73.6 Å². The van der Waals surface area contributed by atoms with E-state index in [0.717, 1.165) is 52.0 Å². The number of Topliss-reactive ketones (excluding diaryl/α,β-unsaturated/α-hetero) is 3. The van der Waals surface area contributed by atoms with Gasteiger partial charge in [0.1, 0.15) is 54.9 Å². The van der Waals surface area contributed by atoms with E-state index >= 15 is 4.39 Å². The zero-order valence-corrected chi connectivity index (χ0v) is 38.3. The number of rotatable bonds is 23. The van der Waals surface area contributed by atoms with Crippen LogP contribution in [0, 0.1) is 17.2 Å². The number of hydrogen-bond donors (Lipinski definition) is 0. The number of unbranched alkanes of at least 4 members (excludes halogenated alkanes) is 2. The van der Waals surface area contributed by atoms with Crippen molar-refractivity contribution in [2.75, 3.05) is 26.4 Å². The molecule has 0 saturated heterocycles. The predicted octanol–water partition coefficient (Wildman–Crippen LogP) is 8.74. The molecule has 1 aliphatic carbocycles. The highest BCUT2D eigenvalue weighted by Gasteiger charge is 2.39. The Hall–Kier alpha value is -6.77. The summed E-state index contributed by atoms with van der Waals surface area (Å²) < 4.78 is 49.2. The number of ether oxygens (including phenoxy) is 6. The third kappa shape index (κ3) is 14.6. The summed E-state index contributed by atoms with van der Waals surface area (Å²) in [4.78, 5) is 97.7. The summed E-state index contributed by atoms with van der Waals surface area (Å²) in [5.74, 6) is -7.92. The summed E-state index contributed by atoms with van der Waals surface area (Å²) >= 11 is 0. The first-order valence-electron chi connectivity index (χ1n) is 21.7. The second-order valence-electron chi connectivity index (χ2n) is 16.8. The van der Waals surface area contributed by atoms with E-state index in [1.54, 1.807) is 18.2 Å². The maximum absolute atomic E-state index is 16.4. The van der Waals surface area contributed by atoms with Gasteiger partial charge in [-0.1, -0.05) is 70.0 Å². The highest BCUT2D eigenvalue weighted by molar-refractivity contribution is 6.33. The standard InChI is InChI=1S/C51H57FO14/c1-9-10-11-12-35-13-15-36(16-14-35)38-19-22-40(43(52)23-38)42-25-44(65-46(56)30(2)3)41(24-45(42)66-47(57)31(4)5)37-17-20-39(21-18-37)61-26-51(27-62-48(58)32(6)53,28-63-49(59)33(7)54)29-64-50(60)34(8)55/h17-25,35-36H,2,4,9-16,26-29H2,1,3,5-8H3. The van der Waals surface area contributed by atoms with Crippen LogP contribution in [0.15, 0.2) is 78.9 Å². The van der Waals surface area contributed by atoms with Gasteiger partial charge in [-0.15, -0.1) is 0 Å². The van der Waals surface area contributed by atoms with E-state index < -0.39 is 84.9 Å². The maximum atomic E-state index is 16.4. The Balaban J connectivity index is 1.73. The van der Waals surface area contributed by atoms with E-state index in [4.69, 9.17) is 28.4 Å². The number of hydrogen-bond acceptors (Lipinski definition) is 14. The quantitative estimate of drug-likeness (QED) is 0.0219. The zero-order chi connectivity index (χ0) is 48.7. The summed E-state index contributed by atoms with van der Waals surface area (Å²) in [5.41, 5.74) is 0.110. The number of carbonyl (C=O) groups excluding carboxylic acids is 8. The van der Waals surface area contributed by atoms with Crippen LogP contribution in [-0.2, 0) is 52.6 Å². The number of ketones is 3. The average molecular weight is 913 g/mol. The summed E-state index contributed by atoms with van der Waals surface area (Å²) in [7, 11) is 0. The van der Waals surface area contributed by atoms with Crippen LogP contribution in [0.3, 0.4) is 0 Å². The zero-order valence-electron chi connectivity index (χ0n) is 38.3. The molecule has 0 amide bonds. The van der Waals surface area contributed by atoms with E-state index in [9.17, 15) is 38.4 Å². The molecule has 352 valence electrons. The van der Waals surface area contributed by atoms with Gasteiger partial charge in [0, 0.05) is 48.6 Å². The first kappa shape index (κ1) is 51.9. The molecule has 0 heterocycles. The minimum atomic E-state index is -1.75. The van der Waals surface area contributed by atoms with E-state index in [1.165, 1.54) is 69.9 Å². The molecular weight excluding hydrogens is 856 g/mol. The monoisotopic (exact) mass is 912 g/mol. The van der Waals surface area contributed by atoms with Crippen molar-refractivity contribution in [2.24, 2.45) is 11.3 Å². The molecular formula is C51H57FO14. The van der Waals surface area contributed by atoms with Gasteiger partial charge in [0.15, 0.2) is 0 Å². The Morgan fingerprint density at radius 3 is 1.53 bits per heavy atom. The molecule has 0 radical (unpaired) electrons. The Morgan fingerprint density at radius 1 is 0.591 bits per heavy atom. The van der Waals surface area contributed by atoms with Gasteiger partial charge in [0.05, 0.1) is 0 Å². The first-order valence-corrected chi connectivity index (χ1v) is 21.7. The van der Waals surface area contributed by atoms with Gasteiger partial charge in [-0.3, -0.25) is 14.4 Å². The molecule has 4 rings (SSSR count). The molecule has 3 aromatic rings. The van der Waals surface area contributed by atoms with E-state index in [-0.39, 0.29) is 51.0 Å². The number of halogens is 1. The third-order valence-corrected chi connectivity index (χ3v) is 11.1. The third-order valence-electron chi connectivity index (χ3n) is 11.1. The van der Waals surface area contributed by atoms with Gasteiger partial charge in [-0.05, 0) is 92.8 Å². The molecule has 0 bridgehead atoms. The summed E-state index contributed by atoms with van der Waals surface area (Å²) in [6.45, 7) is 12.6. The second-order valence-corrected chi connectivity index (χ2v) is 16.8. The highest BCUT2D eigenvalue weighted by Crippen LogP contribution is 2.44. The minimum Gasteiger partial charge on any atom is -0.493 e. The molecule has 0 unspecified atom stereocenters. The summed E-state index contributed by atoms with van der Waals surface area (Å²) in [5, 5.41) is 0. The molecule has 14 nitrogen and oxygen atoms in total. The lowest BCUT2D eigenvalue weighted by Gasteiger charge is -2.31. The largest absolute Gasteiger partial charge is 0.493 e. The van der Waals surface area contributed by atoms with Crippen LogP contribution >= 0.6 is 0 Å². The van der Waals surface area contributed by atoms with E-state index in [2.05, 4.69) is 20.1 Å². The first-order chi connectivity index (χ1) is 31.2. The van der Waals surface area contributed by atoms with Gasteiger partial charge in [0.25, 0.3) is 0 Å². The van der Waals surface area contributed by atoms with Crippen LogP contribution in [0.25, 0.3) is 22.3 Å². The molecule has 0 aromatic heterocycles. The van der Waals surface area contributed by atoms with Gasteiger partial charge >= 0.3 is 29.8 Å². The number of esters is 5. The Kier molecular flexibility index (Phi) is 18.8. The van der Waals surface area contributed by atoms with Gasteiger partial charge in [0.2, 0.25) is 17.3 Å². The van der Waals surface area contributed by atoms with Crippen molar-refractivity contribution in [3.63, 3.8) is 0 Å². The van der Waals surface area contributed by atoms with Crippen LogP contribution in [0.4, 0.5) is 4.39 Å². The van der Waals surface area contributed by atoms with E-state index in [1.807, 2.05) is 6.07 Å². The highest BCUT2D eigenvalue weighted by atomic mass is 19.1. The molecule has 1 aliphatic rings. The molecule has 0 N–H and O–H groups in total. The van der Waals surface area contributed by atoms with Crippen molar-refractivity contribution >= 4 is 47.2 Å². The lowest BCUT2D eigenvalue weighted by atomic mass is 9.77. The van der Waals surface area contributed by atoms with E-state index in [0.29, 0.717) is 11.5 Å². The predicted molar refractivity (Wildman–Crippen MR) is 240 cm³/mol. The lowest BCUT2D eigenvalue weighted by Crippen LogP contribution is -2.45. The molecule has 66 heavy (non-hydrogen) atoms. The Labute approximate surface area is 383 Å². The summed E-state index contributed by atoms with van der Waals surface area (Å²) in [6, 6.07) is 13.9. The van der Waals surface area contributed by atoms with Gasteiger partial charge in [-0.2, -0.15) is 0 Å². The van der Waals surface area contributed by atoms with Crippen molar-refractivity contribution < 1.29 is 71.2 Å². The average Bonchev–Trinajstić information content (AvgIpc) is 3.28. The molecule has 1 fully saturated rings. The van der Waals surface area contributed by atoms with Crippen LogP contribution in [0.1, 0.15) is 104 Å². The minimum absolute atomic E-state index is 0.0301. The lowest BCUT2D eigenvalue weighted by molar-refractivity contribution is -0.170. The van der Waals surface area contributed by atoms with Crippen molar-refractivity contribution in [2.45, 2.75) is 98.8 Å². The normalized spacial score (nSPS) is 14.5. The fraction of sp³-hybridized carbons (Fsp3) is 0.412. The van der Waals surface area contributed by atoms with Crippen LogP contribution in [0.5, 0.6) is 17.2 Å². The second kappa shape index (κ2) is 24.0. The van der Waals surface area contributed by atoms with Gasteiger partial charge < -0.3 is 28.4 Å². The number of carbonyl (C=O) groups is 8. The topological polar surface area (TPSA) is 192 Å².